The minimum absolute atomic E-state index is 0.322. The summed E-state index contributed by atoms with van der Waals surface area (Å²) >= 11 is 1.71. The summed E-state index contributed by atoms with van der Waals surface area (Å²) in [7, 11) is 0. The maximum Gasteiger partial charge on any atom is 0.0815 e. The summed E-state index contributed by atoms with van der Waals surface area (Å²) in [5, 5.41) is 10.1. The molecule has 1 aromatic rings. The zero-order valence-corrected chi connectivity index (χ0v) is 10.6. The molecule has 0 amide bonds. The van der Waals surface area contributed by atoms with Gasteiger partial charge in [-0.15, -0.1) is 11.8 Å². The van der Waals surface area contributed by atoms with Gasteiger partial charge >= 0.3 is 0 Å². The van der Waals surface area contributed by atoms with Crippen LogP contribution >= 0.6 is 11.8 Å². The minimum atomic E-state index is -0.322. The first-order valence-corrected chi connectivity index (χ1v) is 6.73. The van der Waals surface area contributed by atoms with Crippen LogP contribution in [0, 0.1) is 5.92 Å². The van der Waals surface area contributed by atoms with Gasteiger partial charge in [0.2, 0.25) is 0 Å². The monoisotopic (exact) mass is 224 g/mol. The number of thioether (sulfide) groups is 1. The van der Waals surface area contributed by atoms with E-state index in [1.54, 1.807) is 11.8 Å². The Hall–Kier alpha value is -0.470. The number of rotatable bonds is 5. The van der Waals surface area contributed by atoms with Crippen LogP contribution in [0.4, 0.5) is 0 Å². The average Bonchev–Trinajstić information content (AvgIpc) is 2.28. The molecule has 1 N–H and O–H groups in total. The number of hydrogen-bond donors (Lipinski definition) is 1. The summed E-state index contributed by atoms with van der Waals surface area (Å²) < 4.78 is 0. The molecule has 0 bridgehead atoms. The van der Waals surface area contributed by atoms with E-state index in [4.69, 9.17) is 0 Å². The highest BCUT2D eigenvalue weighted by Crippen LogP contribution is 2.27. The van der Waals surface area contributed by atoms with Gasteiger partial charge in [0.25, 0.3) is 0 Å². The number of aliphatic hydroxyl groups excluding tert-OH is 1. The van der Waals surface area contributed by atoms with E-state index in [9.17, 15) is 5.11 Å². The van der Waals surface area contributed by atoms with Gasteiger partial charge < -0.3 is 5.11 Å². The summed E-state index contributed by atoms with van der Waals surface area (Å²) in [4.78, 5) is 1.22. The lowest BCUT2D eigenvalue weighted by molar-refractivity contribution is 0.112. The van der Waals surface area contributed by atoms with Crippen molar-refractivity contribution in [2.24, 2.45) is 5.92 Å². The summed E-state index contributed by atoms with van der Waals surface area (Å²) in [6, 6.07) is 8.19. The number of benzene rings is 1. The maximum atomic E-state index is 10.1. The molecule has 0 aromatic heterocycles. The third-order valence-corrected chi connectivity index (χ3v) is 3.44. The van der Waals surface area contributed by atoms with Gasteiger partial charge in [0, 0.05) is 4.90 Å². The van der Waals surface area contributed by atoms with Gasteiger partial charge in [-0.3, -0.25) is 0 Å². The van der Waals surface area contributed by atoms with Crippen LogP contribution in [-0.4, -0.2) is 11.4 Å². The number of aliphatic hydroxyl groups is 1. The fourth-order valence-corrected chi connectivity index (χ4v) is 2.24. The van der Waals surface area contributed by atoms with Crippen LogP contribution in [0.1, 0.15) is 38.4 Å². The Morgan fingerprint density at radius 1 is 1.40 bits per heavy atom. The summed E-state index contributed by atoms with van der Waals surface area (Å²) in [5.74, 6) is 0.340. The van der Waals surface area contributed by atoms with Crippen LogP contribution in [0.3, 0.4) is 0 Å². The van der Waals surface area contributed by atoms with Crippen LogP contribution < -0.4 is 0 Å². The molecular formula is C13H20OS. The fourth-order valence-electron chi connectivity index (χ4n) is 1.77. The molecule has 1 aromatic carbocycles. The molecule has 0 aliphatic rings. The minimum Gasteiger partial charge on any atom is -0.388 e. The van der Waals surface area contributed by atoms with E-state index >= 15 is 0 Å². The van der Waals surface area contributed by atoms with Crippen LogP contribution in [-0.2, 0) is 0 Å². The second-order valence-corrected chi connectivity index (χ2v) is 4.87. The van der Waals surface area contributed by atoms with Gasteiger partial charge in [0.05, 0.1) is 6.10 Å². The molecule has 1 nitrogen and oxygen atoms in total. The highest BCUT2D eigenvalue weighted by molar-refractivity contribution is 7.98. The first-order chi connectivity index (χ1) is 7.19. The highest BCUT2D eigenvalue weighted by atomic mass is 32.2. The topological polar surface area (TPSA) is 20.2 Å². The molecule has 2 atom stereocenters. The van der Waals surface area contributed by atoms with Crippen LogP contribution in [0.2, 0.25) is 0 Å². The molecule has 0 radical (unpaired) electrons. The van der Waals surface area contributed by atoms with E-state index in [-0.39, 0.29) is 6.10 Å². The second-order valence-electron chi connectivity index (χ2n) is 3.99. The normalized spacial score (nSPS) is 14.9. The predicted octanol–water partition coefficient (Wildman–Crippen LogP) is 3.88. The van der Waals surface area contributed by atoms with E-state index in [0.717, 1.165) is 18.4 Å². The molecule has 0 fully saturated rings. The zero-order chi connectivity index (χ0) is 11.3. The lowest BCUT2D eigenvalue weighted by Gasteiger charge is -2.18. The maximum absolute atomic E-state index is 10.1. The average molecular weight is 224 g/mol. The van der Waals surface area contributed by atoms with Crippen molar-refractivity contribution in [2.45, 2.75) is 37.7 Å². The van der Waals surface area contributed by atoms with E-state index in [0.29, 0.717) is 5.92 Å². The fraction of sp³-hybridized carbons (Fsp3) is 0.538. The summed E-state index contributed by atoms with van der Waals surface area (Å²) in [6.45, 7) is 4.27. The first kappa shape index (κ1) is 12.6. The standard InChI is InChI=1S/C13H20OS/c1-4-6-10(2)13(14)11-7-5-8-12(9-11)15-3/h5,7-10,13-14H,4,6H2,1-3H3. The predicted molar refractivity (Wildman–Crippen MR) is 67.3 cm³/mol. The summed E-state index contributed by atoms with van der Waals surface area (Å²) in [5.41, 5.74) is 1.04. The lowest BCUT2D eigenvalue weighted by atomic mass is 9.94. The molecule has 2 heteroatoms. The Morgan fingerprint density at radius 2 is 2.13 bits per heavy atom. The van der Waals surface area contributed by atoms with Crippen molar-refractivity contribution in [1.82, 2.24) is 0 Å². The molecule has 15 heavy (non-hydrogen) atoms. The molecule has 0 aliphatic heterocycles. The molecule has 84 valence electrons. The molecule has 0 saturated carbocycles. The second kappa shape index (κ2) is 6.19. The van der Waals surface area contributed by atoms with Crippen molar-refractivity contribution < 1.29 is 5.11 Å². The molecule has 0 saturated heterocycles. The van der Waals surface area contributed by atoms with E-state index in [1.807, 2.05) is 12.1 Å². The van der Waals surface area contributed by atoms with Crippen LogP contribution in [0.5, 0.6) is 0 Å². The van der Waals surface area contributed by atoms with Crippen molar-refractivity contribution in [3.8, 4) is 0 Å². The Labute approximate surface area is 96.9 Å². The van der Waals surface area contributed by atoms with Crippen LogP contribution in [0.15, 0.2) is 29.2 Å². The lowest BCUT2D eigenvalue weighted by Crippen LogP contribution is -2.08. The smallest absolute Gasteiger partial charge is 0.0815 e. The van der Waals surface area contributed by atoms with Gasteiger partial charge in [0.1, 0.15) is 0 Å². The Balaban J connectivity index is 2.76. The SMILES string of the molecule is CCCC(C)C(O)c1cccc(SC)c1. The quantitative estimate of drug-likeness (QED) is 0.766. The van der Waals surface area contributed by atoms with Crippen molar-refractivity contribution in [3.05, 3.63) is 29.8 Å². The van der Waals surface area contributed by atoms with Crippen LogP contribution in [0.25, 0.3) is 0 Å². The van der Waals surface area contributed by atoms with Gasteiger partial charge in [-0.25, -0.2) is 0 Å². The number of hydrogen-bond acceptors (Lipinski definition) is 2. The molecular weight excluding hydrogens is 204 g/mol. The third-order valence-electron chi connectivity index (χ3n) is 2.72. The molecule has 0 spiro atoms. The van der Waals surface area contributed by atoms with E-state index in [2.05, 4.69) is 32.2 Å². The summed E-state index contributed by atoms with van der Waals surface area (Å²) in [6.07, 6.45) is 3.93. The molecule has 0 heterocycles. The molecule has 2 unspecified atom stereocenters. The zero-order valence-electron chi connectivity index (χ0n) is 9.73. The van der Waals surface area contributed by atoms with E-state index < -0.39 is 0 Å². The van der Waals surface area contributed by atoms with Gasteiger partial charge in [-0.1, -0.05) is 32.4 Å². The van der Waals surface area contributed by atoms with Crippen molar-refractivity contribution in [1.29, 1.82) is 0 Å². The Bertz CT molecular complexity index is 298. The van der Waals surface area contributed by atoms with Crippen molar-refractivity contribution >= 4 is 11.8 Å². The van der Waals surface area contributed by atoms with Gasteiger partial charge in [-0.2, -0.15) is 0 Å². The van der Waals surface area contributed by atoms with E-state index in [1.165, 1.54) is 4.90 Å². The molecule has 1 rings (SSSR count). The highest BCUT2D eigenvalue weighted by Gasteiger charge is 2.15. The van der Waals surface area contributed by atoms with Crippen molar-refractivity contribution in [2.75, 3.05) is 6.26 Å². The molecule has 0 aliphatic carbocycles. The third kappa shape index (κ3) is 3.54. The first-order valence-electron chi connectivity index (χ1n) is 5.51. The Kier molecular flexibility index (Phi) is 5.20. The Morgan fingerprint density at radius 3 is 2.73 bits per heavy atom. The van der Waals surface area contributed by atoms with Crippen molar-refractivity contribution in [3.63, 3.8) is 0 Å². The van der Waals surface area contributed by atoms with Gasteiger partial charge in [-0.05, 0) is 36.3 Å². The largest absolute Gasteiger partial charge is 0.388 e. The van der Waals surface area contributed by atoms with Gasteiger partial charge in [0.15, 0.2) is 0 Å².